The first-order valence-corrected chi connectivity index (χ1v) is 8.07. The van der Waals surface area contributed by atoms with Gasteiger partial charge in [-0.25, -0.2) is 0 Å². The summed E-state index contributed by atoms with van der Waals surface area (Å²) in [6.07, 6.45) is 0. The van der Waals surface area contributed by atoms with Crippen molar-refractivity contribution in [2.75, 3.05) is 7.11 Å². The number of methoxy groups -OCH3 is 1. The molecule has 1 aliphatic heterocycles. The minimum absolute atomic E-state index is 0.163. The van der Waals surface area contributed by atoms with Gasteiger partial charge in [0.05, 0.1) is 29.6 Å². The number of hydrogen-bond acceptors (Lipinski definition) is 2. The van der Waals surface area contributed by atoms with Gasteiger partial charge in [-0.05, 0) is 50.3 Å². The standard InChI is InChI=1S/C16H14Br2O2/c1-19-15-5-4-11(7-14(15)17)16(18)10-2-3-12-8-20-9-13(12)6-10/h2-7,16H,8-9H2,1H3. The summed E-state index contributed by atoms with van der Waals surface area (Å²) in [5, 5.41) is 0. The zero-order valence-electron chi connectivity index (χ0n) is 11.0. The minimum Gasteiger partial charge on any atom is -0.496 e. The highest BCUT2D eigenvalue weighted by atomic mass is 79.9. The zero-order valence-corrected chi connectivity index (χ0v) is 14.2. The number of alkyl halides is 1. The number of fused-ring (bicyclic) bond motifs is 1. The predicted octanol–water partition coefficient (Wildman–Crippen LogP) is 4.97. The van der Waals surface area contributed by atoms with Crippen LogP contribution < -0.4 is 4.74 Å². The smallest absolute Gasteiger partial charge is 0.133 e. The molecule has 1 heterocycles. The molecule has 0 saturated carbocycles. The fourth-order valence-corrected chi connectivity index (χ4v) is 3.51. The maximum absolute atomic E-state index is 5.47. The second kappa shape index (κ2) is 5.88. The van der Waals surface area contributed by atoms with Gasteiger partial charge < -0.3 is 9.47 Å². The number of halogens is 2. The van der Waals surface area contributed by atoms with Gasteiger partial charge in [0.2, 0.25) is 0 Å². The molecule has 0 bridgehead atoms. The molecule has 2 aromatic rings. The SMILES string of the molecule is COc1ccc(C(Br)c2ccc3c(c2)COC3)cc1Br. The summed E-state index contributed by atoms with van der Waals surface area (Å²) in [6, 6.07) is 12.7. The van der Waals surface area contributed by atoms with E-state index >= 15 is 0 Å². The molecule has 4 heteroatoms. The Morgan fingerprint density at radius 3 is 2.50 bits per heavy atom. The van der Waals surface area contributed by atoms with Crippen molar-refractivity contribution >= 4 is 31.9 Å². The molecule has 0 aromatic heterocycles. The molecule has 0 N–H and O–H groups in total. The topological polar surface area (TPSA) is 18.5 Å². The van der Waals surface area contributed by atoms with Gasteiger partial charge in [-0.15, -0.1) is 0 Å². The number of rotatable bonds is 3. The summed E-state index contributed by atoms with van der Waals surface area (Å²) in [5.41, 5.74) is 5.02. The van der Waals surface area contributed by atoms with E-state index in [-0.39, 0.29) is 4.83 Å². The first kappa shape index (κ1) is 14.1. The first-order chi connectivity index (χ1) is 9.69. The average Bonchev–Trinajstić information content (AvgIpc) is 2.93. The van der Waals surface area contributed by atoms with Gasteiger partial charge in [-0.3, -0.25) is 0 Å². The molecule has 104 valence electrons. The molecule has 20 heavy (non-hydrogen) atoms. The van der Waals surface area contributed by atoms with Crippen molar-refractivity contribution < 1.29 is 9.47 Å². The van der Waals surface area contributed by atoms with E-state index in [0.29, 0.717) is 0 Å². The van der Waals surface area contributed by atoms with Crippen molar-refractivity contribution in [1.29, 1.82) is 0 Å². The van der Waals surface area contributed by atoms with Crippen LogP contribution in [0.2, 0.25) is 0 Å². The van der Waals surface area contributed by atoms with E-state index in [0.717, 1.165) is 23.4 Å². The van der Waals surface area contributed by atoms with E-state index < -0.39 is 0 Å². The molecular weight excluding hydrogens is 384 g/mol. The Kier molecular flexibility index (Phi) is 4.15. The van der Waals surface area contributed by atoms with Crippen molar-refractivity contribution in [1.82, 2.24) is 0 Å². The first-order valence-electron chi connectivity index (χ1n) is 6.36. The molecule has 0 amide bonds. The summed E-state index contributed by atoms with van der Waals surface area (Å²) in [5.74, 6) is 0.843. The van der Waals surface area contributed by atoms with E-state index in [9.17, 15) is 0 Å². The van der Waals surface area contributed by atoms with Gasteiger partial charge in [-0.2, -0.15) is 0 Å². The minimum atomic E-state index is 0.163. The number of hydrogen-bond donors (Lipinski definition) is 0. The molecule has 2 aromatic carbocycles. The van der Waals surface area contributed by atoms with Crippen LogP contribution in [-0.4, -0.2) is 7.11 Å². The molecule has 0 aliphatic carbocycles. The van der Waals surface area contributed by atoms with Crippen LogP contribution in [0, 0.1) is 0 Å². The molecule has 1 aliphatic rings. The fourth-order valence-electron chi connectivity index (χ4n) is 2.38. The number of benzene rings is 2. The third-order valence-electron chi connectivity index (χ3n) is 3.51. The predicted molar refractivity (Wildman–Crippen MR) is 86.4 cm³/mol. The summed E-state index contributed by atoms with van der Waals surface area (Å²) in [6.45, 7) is 1.45. The summed E-state index contributed by atoms with van der Waals surface area (Å²) in [4.78, 5) is 0.163. The normalized spacial score (nSPS) is 14.9. The molecule has 1 unspecified atom stereocenters. The highest BCUT2D eigenvalue weighted by molar-refractivity contribution is 9.10. The highest BCUT2D eigenvalue weighted by Gasteiger charge is 2.16. The van der Waals surface area contributed by atoms with Crippen molar-refractivity contribution in [3.05, 3.63) is 63.1 Å². The maximum Gasteiger partial charge on any atom is 0.133 e. The molecular formula is C16H14Br2O2. The molecule has 0 radical (unpaired) electrons. The van der Waals surface area contributed by atoms with Crippen LogP contribution in [0.3, 0.4) is 0 Å². The Morgan fingerprint density at radius 1 is 1.05 bits per heavy atom. The Hall–Kier alpha value is -0.840. The average molecular weight is 398 g/mol. The largest absolute Gasteiger partial charge is 0.496 e. The Morgan fingerprint density at radius 2 is 1.75 bits per heavy atom. The van der Waals surface area contributed by atoms with E-state index in [1.165, 1.54) is 22.3 Å². The van der Waals surface area contributed by atoms with Gasteiger partial charge in [0.15, 0.2) is 0 Å². The fraction of sp³-hybridized carbons (Fsp3) is 0.250. The lowest BCUT2D eigenvalue weighted by Gasteiger charge is -2.13. The molecule has 3 rings (SSSR count). The van der Waals surface area contributed by atoms with Crippen molar-refractivity contribution in [3.8, 4) is 5.75 Å². The second-order valence-corrected chi connectivity index (χ2v) is 6.55. The van der Waals surface area contributed by atoms with Crippen LogP contribution in [0.4, 0.5) is 0 Å². The molecule has 2 nitrogen and oxygen atoms in total. The lowest BCUT2D eigenvalue weighted by Crippen LogP contribution is -1.96. The molecule has 0 saturated heterocycles. The third kappa shape index (κ3) is 2.65. The monoisotopic (exact) mass is 396 g/mol. The Bertz CT molecular complexity index is 640. The molecule has 1 atom stereocenters. The maximum atomic E-state index is 5.47. The quantitative estimate of drug-likeness (QED) is 0.680. The van der Waals surface area contributed by atoms with Crippen molar-refractivity contribution in [3.63, 3.8) is 0 Å². The van der Waals surface area contributed by atoms with Crippen molar-refractivity contribution in [2.45, 2.75) is 18.0 Å². The Labute approximate surface area is 135 Å². The second-order valence-electron chi connectivity index (χ2n) is 4.78. The number of ether oxygens (including phenoxy) is 2. The van der Waals surface area contributed by atoms with E-state index in [1.54, 1.807) is 7.11 Å². The van der Waals surface area contributed by atoms with Crippen LogP contribution in [0.5, 0.6) is 5.75 Å². The summed E-state index contributed by atoms with van der Waals surface area (Å²) >= 11 is 7.31. The van der Waals surface area contributed by atoms with Gasteiger partial charge in [0.1, 0.15) is 5.75 Å². The highest BCUT2D eigenvalue weighted by Crippen LogP contribution is 2.36. The summed E-state index contributed by atoms with van der Waals surface area (Å²) in [7, 11) is 1.67. The van der Waals surface area contributed by atoms with Gasteiger partial charge in [0, 0.05) is 0 Å². The zero-order chi connectivity index (χ0) is 14.1. The van der Waals surface area contributed by atoms with E-state index in [4.69, 9.17) is 9.47 Å². The van der Waals surface area contributed by atoms with Crippen LogP contribution in [0.15, 0.2) is 40.9 Å². The van der Waals surface area contributed by atoms with E-state index in [1.807, 2.05) is 6.07 Å². The summed E-state index contributed by atoms with van der Waals surface area (Å²) < 4.78 is 11.7. The van der Waals surface area contributed by atoms with Gasteiger partial charge in [0.25, 0.3) is 0 Å². The lowest BCUT2D eigenvalue weighted by molar-refractivity contribution is 0.134. The lowest BCUT2D eigenvalue weighted by atomic mass is 10.0. The third-order valence-corrected chi connectivity index (χ3v) is 5.18. The van der Waals surface area contributed by atoms with E-state index in [2.05, 4.69) is 62.2 Å². The van der Waals surface area contributed by atoms with Crippen LogP contribution in [-0.2, 0) is 18.0 Å². The molecule has 0 fully saturated rings. The molecule has 0 spiro atoms. The van der Waals surface area contributed by atoms with Gasteiger partial charge >= 0.3 is 0 Å². The van der Waals surface area contributed by atoms with Crippen LogP contribution in [0.25, 0.3) is 0 Å². The van der Waals surface area contributed by atoms with Crippen molar-refractivity contribution in [2.24, 2.45) is 0 Å². The Balaban J connectivity index is 1.92. The van der Waals surface area contributed by atoms with Crippen LogP contribution >= 0.6 is 31.9 Å². The van der Waals surface area contributed by atoms with Crippen LogP contribution in [0.1, 0.15) is 27.1 Å². The van der Waals surface area contributed by atoms with Gasteiger partial charge in [-0.1, -0.05) is 40.2 Å².